The number of hydrogen-bond donors (Lipinski definition) is 0. The van der Waals surface area contributed by atoms with E-state index >= 15 is 0 Å². The van der Waals surface area contributed by atoms with Gasteiger partial charge in [-0.3, -0.25) is 0 Å². The van der Waals surface area contributed by atoms with Gasteiger partial charge in [-0.25, -0.2) is 4.79 Å². The van der Waals surface area contributed by atoms with Crippen molar-refractivity contribution in [1.82, 2.24) is 0 Å². The fourth-order valence-electron chi connectivity index (χ4n) is 0.806. The highest BCUT2D eigenvalue weighted by molar-refractivity contribution is 6.21. The normalized spacial score (nSPS) is 13.2. The van der Waals surface area contributed by atoms with Gasteiger partial charge in [-0.15, -0.1) is 11.6 Å². The first-order chi connectivity index (χ1) is 6.20. The van der Waals surface area contributed by atoms with Gasteiger partial charge in [0, 0.05) is 6.08 Å². The van der Waals surface area contributed by atoms with E-state index in [9.17, 15) is 4.79 Å². The highest BCUT2D eigenvalue weighted by Crippen LogP contribution is 2.06. The van der Waals surface area contributed by atoms with Crippen molar-refractivity contribution in [1.29, 1.82) is 0 Å². The molecule has 0 N–H and O–H groups in total. The summed E-state index contributed by atoms with van der Waals surface area (Å²) in [6, 6.07) is 0. The maximum Gasteiger partial charge on any atom is 0.330 e. The summed E-state index contributed by atoms with van der Waals surface area (Å²) in [5.74, 6) is -0.302. The Balaban J connectivity index is 3.63. The number of alkyl halides is 1. The topological polar surface area (TPSA) is 26.3 Å². The molecule has 0 fully saturated rings. The number of carbonyl (C=O) groups is 1. The van der Waals surface area contributed by atoms with Crippen molar-refractivity contribution >= 4 is 17.6 Å². The van der Waals surface area contributed by atoms with Crippen molar-refractivity contribution in [2.75, 3.05) is 6.61 Å². The third kappa shape index (κ3) is 7.85. The van der Waals surface area contributed by atoms with Crippen LogP contribution in [0, 0.1) is 0 Å². The number of carbonyl (C=O) groups excluding carboxylic acids is 1. The lowest BCUT2D eigenvalue weighted by atomic mass is 10.2. The maximum atomic E-state index is 10.9. The van der Waals surface area contributed by atoms with E-state index in [2.05, 4.69) is 6.92 Å². The summed E-state index contributed by atoms with van der Waals surface area (Å²) in [6.07, 6.45) is 5.84. The van der Waals surface area contributed by atoms with Gasteiger partial charge in [0.2, 0.25) is 0 Å². The zero-order valence-electron chi connectivity index (χ0n) is 8.25. The summed E-state index contributed by atoms with van der Waals surface area (Å²) in [5.41, 5.74) is 0. The number of esters is 1. The van der Waals surface area contributed by atoms with Crippen molar-refractivity contribution in [2.24, 2.45) is 0 Å². The van der Waals surface area contributed by atoms with Crippen LogP contribution in [-0.4, -0.2) is 18.0 Å². The van der Waals surface area contributed by atoms with Gasteiger partial charge in [-0.05, 0) is 12.8 Å². The van der Waals surface area contributed by atoms with Crippen LogP contribution in [0.1, 0.15) is 33.1 Å². The molecule has 0 amide bonds. The van der Waals surface area contributed by atoms with Crippen molar-refractivity contribution < 1.29 is 9.53 Å². The highest BCUT2D eigenvalue weighted by Gasteiger charge is 1.99. The number of hydrogen-bond acceptors (Lipinski definition) is 2. The van der Waals surface area contributed by atoms with E-state index in [1.54, 1.807) is 6.08 Å². The standard InChI is InChI=1S/C10H17ClO2/c1-3-5-9(11)6-7-10(12)13-8-4-2/h6-7,9H,3-5,8H2,1-2H3/b7-6+. The molecule has 0 radical (unpaired) electrons. The molecular weight excluding hydrogens is 188 g/mol. The molecule has 0 rings (SSSR count). The Labute approximate surface area is 84.9 Å². The van der Waals surface area contributed by atoms with Crippen LogP contribution in [0.25, 0.3) is 0 Å². The second-order valence-electron chi connectivity index (χ2n) is 2.83. The average molecular weight is 205 g/mol. The Morgan fingerprint density at radius 1 is 1.46 bits per heavy atom. The predicted molar refractivity (Wildman–Crippen MR) is 54.9 cm³/mol. The first-order valence-corrected chi connectivity index (χ1v) is 5.13. The molecule has 0 aliphatic rings. The lowest BCUT2D eigenvalue weighted by Crippen LogP contribution is -2.02. The maximum absolute atomic E-state index is 10.9. The number of halogens is 1. The summed E-state index contributed by atoms with van der Waals surface area (Å²) in [7, 11) is 0. The van der Waals surface area contributed by atoms with E-state index in [-0.39, 0.29) is 11.3 Å². The van der Waals surface area contributed by atoms with Crippen LogP contribution in [0.5, 0.6) is 0 Å². The monoisotopic (exact) mass is 204 g/mol. The Morgan fingerprint density at radius 3 is 2.69 bits per heavy atom. The van der Waals surface area contributed by atoms with Crippen LogP contribution in [0.15, 0.2) is 12.2 Å². The SMILES string of the molecule is CCCOC(=O)/C=C/C(Cl)CCC. The molecular formula is C10H17ClO2. The highest BCUT2D eigenvalue weighted by atomic mass is 35.5. The zero-order chi connectivity index (χ0) is 10.1. The zero-order valence-corrected chi connectivity index (χ0v) is 9.01. The number of rotatable bonds is 6. The Morgan fingerprint density at radius 2 is 2.15 bits per heavy atom. The molecule has 0 spiro atoms. The molecule has 2 nitrogen and oxygen atoms in total. The van der Waals surface area contributed by atoms with Crippen molar-refractivity contribution in [3.05, 3.63) is 12.2 Å². The van der Waals surface area contributed by atoms with Crippen LogP contribution in [0.3, 0.4) is 0 Å². The second kappa shape index (κ2) is 8.11. The molecule has 0 aromatic carbocycles. The molecule has 0 saturated heterocycles. The van der Waals surface area contributed by atoms with Crippen LogP contribution >= 0.6 is 11.6 Å². The van der Waals surface area contributed by atoms with Crippen LogP contribution in [-0.2, 0) is 9.53 Å². The first-order valence-electron chi connectivity index (χ1n) is 4.69. The minimum absolute atomic E-state index is 0.0563. The third-order valence-corrected chi connectivity index (χ3v) is 1.82. The lowest BCUT2D eigenvalue weighted by molar-refractivity contribution is -0.137. The van der Waals surface area contributed by atoms with Gasteiger partial charge in [-0.2, -0.15) is 0 Å². The van der Waals surface area contributed by atoms with Gasteiger partial charge in [0.1, 0.15) is 0 Å². The van der Waals surface area contributed by atoms with E-state index in [0.29, 0.717) is 6.61 Å². The van der Waals surface area contributed by atoms with E-state index in [1.165, 1.54) is 6.08 Å². The third-order valence-electron chi connectivity index (χ3n) is 1.45. The molecule has 0 aliphatic carbocycles. The predicted octanol–water partition coefficient (Wildman–Crippen LogP) is 2.90. The number of ether oxygens (including phenoxy) is 1. The van der Waals surface area contributed by atoms with E-state index < -0.39 is 0 Å². The summed E-state index contributed by atoms with van der Waals surface area (Å²) >= 11 is 5.86. The van der Waals surface area contributed by atoms with E-state index in [0.717, 1.165) is 19.3 Å². The molecule has 0 saturated carbocycles. The largest absolute Gasteiger partial charge is 0.463 e. The number of allylic oxidation sites excluding steroid dienone is 1. The molecule has 0 aliphatic heterocycles. The summed E-state index contributed by atoms with van der Waals surface area (Å²) in [6.45, 7) is 4.49. The van der Waals surface area contributed by atoms with Gasteiger partial charge in [0.25, 0.3) is 0 Å². The van der Waals surface area contributed by atoms with Gasteiger partial charge >= 0.3 is 5.97 Å². The van der Waals surface area contributed by atoms with Crippen molar-refractivity contribution in [3.63, 3.8) is 0 Å². The molecule has 3 heteroatoms. The molecule has 0 aromatic rings. The summed E-state index contributed by atoms with van der Waals surface area (Å²) in [5, 5.41) is -0.0563. The van der Waals surface area contributed by atoms with E-state index in [4.69, 9.17) is 16.3 Å². The van der Waals surface area contributed by atoms with Crippen LogP contribution in [0.4, 0.5) is 0 Å². The molecule has 13 heavy (non-hydrogen) atoms. The smallest absolute Gasteiger partial charge is 0.330 e. The minimum atomic E-state index is -0.302. The fraction of sp³-hybridized carbons (Fsp3) is 0.700. The van der Waals surface area contributed by atoms with Gasteiger partial charge in [0.15, 0.2) is 0 Å². The lowest BCUT2D eigenvalue weighted by Gasteiger charge is -2.00. The van der Waals surface area contributed by atoms with Crippen molar-refractivity contribution in [3.8, 4) is 0 Å². The van der Waals surface area contributed by atoms with E-state index in [1.807, 2.05) is 6.92 Å². The Hall–Kier alpha value is -0.500. The summed E-state index contributed by atoms with van der Waals surface area (Å²) in [4.78, 5) is 10.9. The molecule has 0 aromatic heterocycles. The molecule has 0 heterocycles. The molecule has 76 valence electrons. The van der Waals surface area contributed by atoms with Gasteiger partial charge < -0.3 is 4.74 Å². The summed E-state index contributed by atoms with van der Waals surface area (Å²) < 4.78 is 4.84. The van der Waals surface area contributed by atoms with Crippen molar-refractivity contribution in [2.45, 2.75) is 38.5 Å². The van der Waals surface area contributed by atoms with Gasteiger partial charge in [-0.1, -0.05) is 26.3 Å². The minimum Gasteiger partial charge on any atom is -0.463 e. The first kappa shape index (κ1) is 12.5. The Bertz CT molecular complexity index is 166. The van der Waals surface area contributed by atoms with Crippen LogP contribution in [0.2, 0.25) is 0 Å². The molecule has 1 unspecified atom stereocenters. The van der Waals surface area contributed by atoms with Crippen LogP contribution < -0.4 is 0 Å². The quantitative estimate of drug-likeness (QED) is 0.378. The second-order valence-corrected chi connectivity index (χ2v) is 3.39. The Kier molecular flexibility index (Phi) is 7.80. The molecule has 1 atom stereocenters. The average Bonchev–Trinajstić information content (AvgIpc) is 2.12. The molecule has 0 bridgehead atoms. The fourth-order valence-corrected chi connectivity index (χ4v) is 1.10. The van der Waals surface area contributed by atoms with Gasteiger partial charge in [0.05, 0.1) is 12.0 Å².